The molecule has 1 aliphatic rings. The van der Waals surface area contributed by atoms with Gasteiger partial charge in [0.15, 0.2) is 11.5 Å². The van der Waals surface area contributed by atoms with Crippen molar-refractivity contribution in [2.24, 2.45) is 40.7 Å². The van der Waals surface area contributed by atoms with Gasteiger partial charge in [-0.25, -0.2) is 9.59 Å². The monoisotopic (exact) mass is 769 g/mol. The summed E-state index contributed by atoms with van der Waals surface area (Å²) in [7, 11) is 3.22. The summed E-state index contributed by atoms with van der Waals surface area (Å²) in [6, 6.07) is 5.29. The minimum atomic E-state index is -1.13. The summed E-state index contributed by atoms with van der Waals surface area (Å²) < 4.78 is 38.0. The highest BCUT2D eigenvalue weighted by molar-refractivity contribution is 5.83. The molecule has 16 heteroatoms. The van der Waals surface area contributed by atoms with Gasteiger partial charge in [0.25, 0.3) is 0 Å². The van der Waals surface area contributed by atoms with E-state index >= 15 is 0 Å². The van der Waals surface area contributed by atoms with Gasteiger partial charge in [-0.15, -0.1) is 0 Å². The number of primary amides is 1. The fraction of sp³-hybridized carbons (Fsp3) is 0.737. The first-order valence-corrected chi connectivity index (χ1v) is 18.5. The Bertz CT molecular complexity index is 1320. The zero-order valence-electron chi connectivity index (χ0n) is 33.2. The van der Waals surface area contributed by atoms with Crippen LogP contribution in [0.3, 0.4) is 0 Å². The Morgan fingerprint density at radius 3 is 2.28 bits per heavy atom. The van der Waals surface area contributed by atoms with Crippen molar-refractivity contribution in [3.8, 4) is 11.5 Å². The first-order valence-electron chi connectivity index (χ1n) is 18.5. The molecule has 1 aromatic carbocycles. The fourth-order valence-electron chi connectivity index (χ4n) is 5.89. The number of aliphatic hydroxyl groups excluding tert-OH is 2. The molecule has 1 aliphatic heterocycles. The standard InChI is InChI=1S/C38H63N3O13/c1-24(2)28(14-26-10-11-31(49-8)33(15-26)50-13-9-12-48-7)16-30-32(17-29(25(3)4)34(44)40-21-38(5,6)35(39)45)52-22-41(30)36(46)53-23-54-37(47)51-20-27(18-42)19-43/h10-11,15,24-25,27-30,32,42-43H,9,12-14,16-23H2,1-8H3,(H2,39,45)(H,40,44)/t28-,29-,30-,32-/m0/s1. The molecule has 3 amide bonds. The van der Waals surface area contributed by atoms with Crippen LogP contribution in [0.4, 0.5) is 9.59 Å². The van der Waals surface area contributed by atoms with Gasteiger partial charge in [0.05, 0.1) is 44.5 Å². The number of rotatable bonds is 24. The maximum absolute atomic E-state index is 13.5. The summed E-state index contributed by atoms with van der Waals surface area (Å²) in [5.41, 5.74) is 5.59. The van der Waals surface area contributed by atoms with E-state index in [2.05, 4.69) is 19.2 Å². The number of nitrogens with two attached hydrogens (primary N) is 1. The summed E-state index contributed by atoms with van der Waals surface area (Å²) in [4.78, 5) is 52.4. The van der Waals surface area contributed by atoms with E-state index in [1.807, 2.05) is 32.0 Å². The van der Waals surface area contributed by atoms with Crippen molar-refractivity contribution < 1.29 is 62.5 Å². The topological polar surface area (TPSA) is 215 Å². The van der Waals surface area contributed by atoms with Gasteiger partial charge in [0.2, 0.25) is 18.6 Å². The summed E-state index contributed by atoms with van der Waals surface area (Å²) >= 11 is 0. The molecule has 2 rings (SSSR count). The molecule has 1 aromatic rings. The van der Waals surface area contributed by atoms with E-state index in [4.69, 9.17) is 38.9 Å². The number of nitrogens with zero attached hydrogens (tertiary/aromatic N) is 1. The average molecular weight is 770 g/mol. The van der Waals surface area contributed by atoms with Crippen LogP contribution < -0.4 is 20.5 Å². The molecule has 0 radical (unpaired) electrons. The van der Waals surface area contributed by atoms with Crippen LogP contribution in [0.25, 0.3) is 0 Å². The molecule has 308 valence electrons. The SMILES string of the molecule is COCCCOc1cc(C[C@@H](C[C@H]2[C@H](C[C@H](C(=O)NCC(C)(C)C(N)=O)C(C)C)OCN2C(=O)OCOC(=O)OCC(CO)CO)C(C)C)ccc1OC. The maximum atomic E-state index is 13.5. The molecule has 5 N–H and O–H groups in total. The number of hydrogen-bond donors (Lipinski definition) is 4. The van der Waals surface area contributed by atoms with Crippen LogP contribution in [0, 0.1) is 35.0 Å². The molecule has 0 unspecified atom stereocenters. The number of amides is 3. The molecule has 0 bridgehead atoms. The summed E-state index contributed by atoms with van der Waals surface area (Å²) in [6.07, 6.45) is -0.360. The third-order valence-electron chi connectivity index (χ3n) is 9.77. The quantitative estimate of drug-likeness (QED) is 0.0674. The predicted octanol–water partition coefficient (Wildman–Crippen LogP) is 3.48. The normalized spacial score (nSPS) is 17.0. The second-order valence-corrected chi connectivity index (χ2v) is 15.0. The van der Waals surface area contributed by atoms with E-state index in [1.165, 1.54) is 4.90 Å². The lowest BCUT2D eigenvalue weighted by Crippen LogP contribution is -2.47. The number of carbonyl (C=O) groups excluding carboxylic acids is 4. The van der Waals surface area contributed by atoms with Crippen molar-refractivity contribution in [1.82, 2.24) is 10.2 Å². The van der Waals surface area contributed by atoms with Gasteiger partial charge in [-0.05, 0) is 68.6 Å². The van der Waals surface area contributed by atoms with E-state index in [0.717, 1.165) is 5.56 Å². The Morgan fingerprint density at radius 2 is 1.69 bits per heavy atom. The number of aliphatic hydroxyl groups is 2. The molecule has 4 atom stereocenters. The number of nitrogens with one attached hydrogen (secondary N) is 1. The van der Waals surface area contributed by atoms with Crippen molar-refractivity contribution in [3.63, 3.8) is 0 Å². The van der Waals surface area contributed by atoms with Crippen LogP contribution in [0.15, 0.2) is 18.2 Å². The molecule has 0 aliphatic carbocycles. The summed E-state index contributed by atoms with van der Waals surface area (Å²) in [6.45, 7) is 10.6. The van der Waals surface area contributed by atoms with Gasteiger partial charge in [0.1, 0.15) is 13.3 Å². The fourth-order valence-corrected chi connectivity index (χ4v) is 5.89. The molecule has 54 heavy (non-hydrogen) atoms. The maximum Gasteiger partial charge on any atom is 0.511 e. The van der Waals surface area contributed by atoms with Gasteiger partial charge in [-0.3, -0.25) is 14.5 Å². The van der Waals surface area contributed by atoms with Crippen LogP contribution in [-0.4, -0.2) is 119 Å². The third kappa shape index (κ3) is 14.8. The second-order valence-electron chi connectivity index (χ2n) is 15.0. The molecule has 1 fully saturated rings. The zero-order valence-corrected chi connectivity index (χ0v) is 33.2. The van der Waals surface area contributed by atoms with E-state index < -0.39 is 54.3 Å². The lowest BCUT2D eigenvalue weighted by molar-refractivity contribution is -0.130. The zero-order chi connectivity index (χ0) is 40.4. The van der Waals surface area contributed by atoms with Gasteiger partial charge in [0, 0.05) is 38.5 Å². The van der Waals surface area contributed by atoms with Gasteiger partial charge in [-0.1, -0.05) is 33.8 Å². The first kappa shape index (κ1) is 46.3. The van der Waals surface area contributed by atoms with Crippen molar-refractivity contribution in [1.29, 1.82) is 0 Å². The van der Waals surface area contributed by atoms with E-state index in [-0.39, 0.29) is 63.2 Å². The highest BCUT2D eigenvalue weighted by Gasteiger charge is 2.43. The lowest BCUT2D eigenvalue weighted by atomic mass is 9.80. The Kier molecular flexibility index (Phi) is 19.8. The predicted molar refractivity (Wildman–Crippen MR) is 197 cm³/mol. The summed E-state index contributed by atoms with van der Waals surface area (Å²) in [5.74, 6) is -0.655. The van der Waals surface area contributed by atoms with Crippen molar-refractivity contribution in [3.05, 3.63) is 23.8 Å². The van der Waals surface area contributed by atoms with Crippen LogP contribution in [0.2, 0.25) is 0 Å². The molecule has 1 saturated heterocycles. The largest absolute Gasteiger partial charge is 0.511 e. The Hall–Kier alpha value is -3.86. The average Bonchev–Trinajstić information content (AvgIpc) is 3.53. The van der Waals surface area contributed by atoms with E-state index in [9.17, 15) is 29.4 Å². The minimum Gasteiger partial charge on any atom is -0.493 e. The van der Waals surface area contributed by atoms with E-state index in [1.54, 1.807) is 28.1 Å². The Morgan fingerprint density at radius 1 is 0.981 bits per heavy atom. The van der Waals surface area contributed by atoms with Crippen LogP contribution in [-0.2, 0) is 39.7 Å². The highest BCUT2D eigenvalue weighted by atomic mass is 16.8. The Labute approximate surface area is 319 Å². The van der Waals surface area contributed by atoms with Crippen molar-refractivity contribution in [2.75, 3.05) is 67.3 Å². The van der Waals surface area contributed by atoms with Gasteiger partial charge >= 0.3 is 12.2 Å². The molecule has 16 nitrogen and oxygen atoms in total. The molecule has 0 saturated carbocycles. The number of hydrogen-bond acceptors (Lipinski definition) is 13. The number of benzene rings is 1. The molecule has 0 aromatic heterocycles. The van der Waals surface area contributed by atoms with Crippen molar-refractivity contribution in [2.45, 2.75) is 79.4 Å². The second kappa shape index (κ2) is 23.1. The lowest BCUT2D eigenvalue weighted by Gasteiger charge is -2.33. The van der Waals surface area contributed by atoms with Gasteiger partial charge < -0.3 is 54.4 Å². The molecular weight excluding hydrogens is 706 g/mol. The number of methoxy groups -OCH3 is 2. The van der Waals surface area contributed by atoms with Crippen LogP contribution in [0.1, 0.15) is 66.4 Å². The van der Waals surface area contributed by atoms with E-state index in [0.29, 0.717) is 44.0 Å². The van der Waals surface area contributed by atoms with Crippen LogP contribution >= 0.6 is 0 Å². The molecule has 1 heterocycles. The third-order valence-corrected chi connectivity index (χ3v) is 9.77. The minimum absolute atomic E-state index is 0.0316. The van der Waals surface area contributed by atoms with Crippen molar-refractivity contribution >= 4 is 24.1 Å². The first-order chi connectivity index (χ1) is 25.6. The smallest absolute Gasteiger partial charge is 0.493 e. The highest BCUT2D eigenvalue weighted by Crippen LogP contribution is 2.36. The van der Waals surface area contributed by atoms with Gasteiger partial charge in [-0.2, -0.15) is 0 Å². The van der Waals surface area contributed by atoms with Crippen LogP contribution in [0.5, 0.6) is 11.5 Å². The molecular formula is C38H63N3O13. The Balaban J connectivity index is 2.31. The molecule has 0 spiro atoms. The summed E-state index contributed by atoms with van der Waals surface area (Å²) in [5, 5.41) is 21.2. The number of ether oxygens (including phenoxy) is 7. The number of carbonyl (C=O) groups is 4.